The Bertz CT molecular complexity index is 1770. The minimum atomic E-state index is 0. The molecule has 0 saturated heterocycles. The molecule has 2 nitrogen and oxygen atoms in total. The van der Waals surface area contributed by atoms with E-state index in [0.717, 1.165) is 54.9 Å². The molecule has 446 valence electrons. The van der Waals surface area contributed by atoms with Crippen LogP contribution in [0.1, 0.15) is 353 Å². The minimum Gasteiger partial charge on any atom is -0.251 e. The first-order valence-electron chi connectivity index (χ1n) is 34.3. The van der Waals surface area contributed by atoms with Crippen LogP contribution < -0.4 is 0 Å². The Morgan fingerprint density at radius 3 is 0.885 bits per heavy atom. The number of aliphatic imine (C=N–C) groups is 2. The molecule has 0 atom stereocenters. The van der Waals surface area contributed by atoms with Gasteiger partial charge >= 0.3 is 0 Å². The Balaban J connectivity index is 0.0000304. The van der Waals surface area contributed by atoms with Gasteiger partial charge in [0.15, 0.2) is 0 Å². The van der Waals surface area contributed by atoms with E-state index in [1.54, 1.807) is 0 Å². The van der Waals surface area contributed by atoms with Crippen molar-refractivity contribution in [2.75, 3.05) is 0 Å². The summed E-state index contributed by atoms with van der Waals surface area (Å²) in [5.74, 6) is 6.68. The quantitative estimate of drug-likeness (QED) is 0.0207. The predicted octanol–water partition coefficient (Wildman–Crippen LogP) is 25.9. The van der Waals surface area contributed by atoms with Gasteiger partial charge in [0.05, 0.1) is 17.1 Å². The van der Waals surface area contributed by atoms with Crippen LogP contribution in [0.2, 0.25) is 0 Å². The zero-order valence-corrected chi connectivity index (χ0v) is 53.2. The summed E-state index contributed by atoms with van der Waals surface area (Å²) in [5, 5.41) is 0. The third-order valence-electron chi connectivity index (χ3n) is 16.2. The van der Waals surface area contributed by atoms with Crippen LogP contribution in [0.15, 0.2) is 82.8 Å². The molecular formula is C75H126N2Ni. The summed E-state index contributed by atoms with van der Waals surface area (Å²) in [4.78, 5) is 10.3. The zero-order valence-electron chi connectivity index (χ0n) is 52.2. The molecular weight excluding hydrogens is 988 g/mol. The van der Waals surface area contributed by atoms with E-state index in [0.29, 0.717) is 0 Å². The molecule has 2 aromatic rings. The van der Waals surface area contributed by atoms with Gasteiger partial charge in [-0.2, -0.15) is 0 Å². The van der Waals surface area contributed by atoms with Crippen molar-refractivity contribution < 1.29 is 16.5 Å². The Morgan fingerprint density at radius 2 is 0.590 bits per heavy atom. The molecule has 0 aliphatic rings. The van der Waals surface area contributed by atoms with Crippen LogP contribution in [0.5, 0.6) is 0 Å². The Labute approximate surface area is 497 Å². The molecule has 0 aromatic heterocycles. The second-order valence-electron chi connectivity index (χ2n) is 23.5. The summed E-state index contributed by atoms with van der Waals surface area (Å²) in [5.41, 5.74) is 6.27. The number of rotatable bonds is 55. The fourth-order valence-corrected chi connectivity index (χ4v) is 11.1. The first-order chi connectivity index (χ1) is 38.2. The first kappa shape index (κ1) is 73.3. The molecule has 0 heterocycles. The molecule has 0 unspecified atom stereocenters. The molecule has 0 N–H and O–H groups in total. The Hall–Kier alpha value is -2.69. The van der Waals surface area contributed by atoms with Crippen LogP contribution in [0.4, 0.5) is 11.4 Å². The summed E-state index contributed by atoms with van der Waals surface area (Å²) < 4.78 is 0. The van der Waals surface area contributed by atoms with Crippen LogP contribution >= 0.6 is 0 Å². The van der Waals surface area contributed by atoms with Crippen molar-refractivity contribution in [3.63, 3.8) is 0 Å². The van der Waals surface area contributed by atoms with Crippen molar-refractivity contribution in [1.82, 2.24) is 0 Å². The fraction of sp³-hybridized carbons (Fsp3) is 0.733. The largest absolute Gasteiger partial charge is 0.251 e. The van der Waals surface area contributed by atoms with E-state index >= 15 is 0 Å². The zero-order chi connectivity index (χ0) is 54.8. The van der Waals surface area contributed by atoms with Crippen molar-refractivity contribution in [3.8, 4) is 11.8 Å². The van der Waals surface area contributed by atoms with Crippen LogP contribution in [-0.2, 0) is 29.3 Å². The molecule has 0 fully saturated rings. The number of para-hydroxylation sites is 2. The minimum absolute atomic E-state index is 0. The third kappa shape index (κ3) is 46.0. The second kappa shape index (κ2) is 59.0. The first-order valence-corrected chi connectivity index (χ1v) is 34.3. The number of benzene rings is 2. The molecule has 3 heteroatoms. The molecule has 2 rings (SSSR count). The van der Waals surface area contributed by atoms with E-state index in [1.807, 2.05) is 0 Å². The summed E-state index contributed by atoms with van der Waals surface area (Å²) in [7, 11) is 0. The predicted molar refractivity (Wildman–Crippen MR) is 349 cm³/mol. The van der Waals surface area contributed by atoms with Gasteiger partial charge in [-0.1, -0.05) is 357 Å². The van der Waals surface area contributed by atoms with Gasteiger partial charge in [0, 0.05) is 22.9 Å². The normalized spacial score (nSPS) is 12.0. The van der Waals surface area contributed by atoms with Crippen molar-refractivity contribution in [2.24, 2.45) is 9.98 Å². The molecule has 2 aromatic carbocycles. The van der Waals surface area contributed by atoms with Crippen LogP contribution in [-0.4, -0.2) is 11.4 Å². The standard InChI is InChI=1S/C75H126N2.Ni/c1-5-8-11-13-15-17-19-21-23-25-27-29-31-33-35-37-39-41-43-45-47-49-51-53-55-57-63-71-65-59-61-68-74(71)76-70(4)73(67-10-7-3)77-75-69-62-60-66-72(75)64-58-56-54-52-50-48-46-44-42-40-38-36-34-32-30-28-26-24-22-20-18-16-14-12-9-6-2;/h53-56,59-62,65-66,68-69H,5-9,11-52,57-58,63-64H2,1-4H3;/b55-53+,56-54+,76-70?,77-73?;. The monoisotopic (exact) mass is 1110 g/mol. The summed E-state index contributed by atoms with van der Waals surface area (Å²) in [6.07, 6.45) is 80.2. The SMILES string of the molecule is CCC#CC(=Nc1ccccc1CC/C=C/CCCCCCCCCCCCCCCCCCCCCCCC)C(C)=Nc1ccccc1CC/C=C/CCCCCCCCCCCCCCCCCCCCCCCC.[Ni]. The molecule has 0 spiro atoms. The number of allylic oxidation sites excluding steroid dienone is 4. The van der Waals surface area contributed by atoms with Gasteiger partial charge in [-0.15, -0.1) is 0 Å². The Kier molecular flexibility index (Phi) is 55.4. The number of nitrogens with zero attached hydrogens (tertiary/aromatic N) is 2. The maximum atomic E-state index is 5.18. The van der Waals surface area contributed by atoms with E-state index in [9.17, 15) is 0 Å². The molecule has 0 amide bonds. The van der Waals surface area contributed by atoms with E-state index in [1.165, 1.54) is 306 Å². The summed E-state index contributed by atoms with van der Waals surface area (Å²) >= 11 is 0. The maximum absolute atomic E-state index is 5.18. The van der Waals surface area contributed by atoms with Crippen molar-refractivity contribution in [1.29, 1.82) is 0 Å². The summed E-state index contributed by atoms with van der Waals surface area (Å²) in [6.45, 7) is 8.80. The van der Waals surface area contributed by atoms with Gasteiger partial charge in [-0.05, 0) is 87.5 Å². The molecule has 0 saturated carbocycles. The summed E-state index contributed by atoms with van der Waals surface area (Å²) in [6, 6.07) is 17.3. The van der Waals surface area contributed by atoms with Crippen LogP contribution in [0, 0.1) is 11.8 Å². The number of unbranched alkanes of at least 4 members (excludes halogenated alkanes) is 44. The third-order valence-corrected chi connectivity index (χ3v) is 16.2. The molecule has 0 aliphatic heterocycles. The van der Waals surface area contributed by atoms with Gasteiger partial charge in [-0.3, -0.25) is 4.99 Å². The van der Waals surface area contributed by atoms with Crippen molar-refractivity contribution in [2.45, 2.75) is 355 Å². The number of aryl methyl sites for hydroxylation is 2. The Morgan fingerprint density at radius 1 is 0.333 bits per heavy atom. The topological polar surface area (TPSA) is 24.7 Å². The van der Waals surface area contributed by atoms with Gasteiger partial charge in [-0.25, -0.2) is 4.99 Å². The van der Waals surface area contributed by atoms with E-state index in [-0.39, 0.29) is 16.5 Å². The van der Waals surface area contributed by atoms with Gasteiger partial charge < -0.3 is 0 Å². The average molecular weight is 1110 g/mol. The number of hydrogen-bond donors (Lipinski definition) is 0. The van der Waals surface area contributed by atoms with Crippen molar-refractivity contribution in [3.05, 3.63) is 84.0 Å². The molecule has 0 bridgehead atoms. The van der Waals surface area contributed by atoms with Gasteiger partial charge in [0.2, 0.25) is 0 Å². The smallest absolute Gasteiger partial charge is 0.135 e. The van der Waals surface area contributed by atoms with Crippen LogP contribution in [0.3, 0.4) is 0 Å². The van der Waals surface area contributed by atoms with Crippen LogP contribution in [0.25, 0.3) is 0 Å². The average Bonchev–Trinajstić information content (AvgIpc) is 3.44. The molecule has 0 radical (unpaired) electrons. The van der Waals surface area contributed by atoms with E-state index < -0.39 is 0 Å². The number of hydrogen-bond acceptors (Lipinski definition) is 2. The maximum Gasteiger partial charge on any atom is 0.135 e. The van der Waals surface area contributed by atoms with Crippen molar-refractivity contribution >= 4 is 22.8 Å². The van der Waals surface area contributed by atoms with Gasteiger partial charge in [0.1, 0.15) is 5.71 Å². The van der Waals surface area contributed by atoms with E-state index in [4.69, 9.17) is 9.98 Å². The molecule has 0 aliphatic carbocycles. The van der Waals surface area contributed by atoms with Gasteiger partial charge in [0.25, 0.3) is 0 Å². The fourth-order valence-electron chi connectivity index (χ4n) is 11.1. The van der Waals surface area contributed by atoms with E-state index in [2.05, 4.69) is 112 Å². The molecule has 78 heavy (non-hydrogen) atoms. The second-order valence-corrected chi connectivity index (χ2v) is 23.5.